The van der Waals surface area contributed by atoms with Gasteiger partial charge in [-0.05, 0) is 74.6 Å². The number of carbonyl (C=O) groups is 1. The van der Waals surface area contributed by atoms with E-state index in [2.05, 4.69) is 10.6 Å². The first kappa shape index (κ1) is 47.8. The zero-order chi connectivity index (χ0) is 44.1. The summed E-state index contributed by atoms with van der Waals surface area (Å²) < 4.78 is 86.6. The number of benzene rings is 3. The highest BCUT2D eigenvalue weighted by molar-refractivity contribution is 7.86. The Bertz CT molecular complexity index is 2450. The third-order valence-corrected chi connectivity index (χ3v) is 12.0. The molecule has 2 heterocycles. The van der Waals surface area contributed by atoms with Crippen molar-refractivity contribution in [2.75, 3.05) is 57.7 Å². The summed E-state index contributed by atoms with van der Waals surface area (Å²) in [5, 5.41) is 10.4. The van der Waals surface area contributed by atoms with E-state index in [9.17, 15) is 35.8 Å². The predicted molar refractivity (Wildman–Crippen MR) is 235 cm³/mol. The molecule has 0 bridgehead atoms. The lowest BCUT2D eigenvalue weighted by Gasteiger charge is -2.30. The molecule has 0 amide bonds. The summed E-state index contributed by atoms with van der Waals surface area (Å²) in [6, 6.07) is 20.2. The number of hydrogen-bond donors (Lipinski definition) is 3. The van der Waals surface area contributed by atoms with Crippen LogP contribution in [0, 0.1) is 6.92 Å². The molecule has 2 aromatic rings. The van der Waals surface area contributed by atoms with Gasteiger partial charge >= 0.3 is 5.97 Å². The maximum Gasteiger partial charge on any atom is 0.303 e. The number of carboxylic acid groups (broad SMARTS) is 1. The van der Waals surface area contributed by atoms with Crippen molar-refractivity contribution in [2.24, 2.45) is 0 Å². The van der Waals surface area contributed by atoms with E-state index in [1.54, 1.807) is 20.3 Å². The largest absolute Gasteiger partial charge is 0.481 e. The van der Waals surface area contributed by atoms with Crippen molar-refractivity contribution < 1.29 is 49.7 Å². The SMILES string of the molecule is CC.COCC[N+](CCOC)=c1ccc2c(/C=C/C=C/C=C3\N(CCCS(=O)(=O)O)c4ccc(S(=O)(=O)O)cc4C3(C)CCCC(=O)O)c(C)c(-c3ccccc3)oc-2c1. The maximum absolute atomic E-state index is 12.2. The van der Waals surface area contributed by atoms with Crippen LogP contribution in [-0.4, -0.2) is 89.8 Å². The van der Waals surface area contributed by atoms with Gasteiger partial charge in [-0.2, -0.15) is 16.8 Å². The summed E-state index contributed by atoms with van der Waals surface area (Å²) in [6.07, 6.45) is 9.89. The van der Waals surface area contributed by atoms with Crippen molar-refractivity contribution in [2.45, 2.75) is 63.7 Å². The molecule has 0 spiro atoms. The maximum atomic E-state index is 12.2. The van der Waals surface area contributed by atoms with E-state index in [0.717, 1.165) is 33.4 Å². The van der Waals surface area contributed by atoms with Gasteiger partial charge < -0.3 is 23.9 Å². The van der Waals surface area contributed by atoms with Crippen LogP contribution in [0.2, 0.25) is 0 Å². The number of allylic oxidation sites excluding steroid dienone is 5. The molecule has 0 saturated carbocycles. The van der Waals surface area contributed by atoms with Crippen molar-refractivity contribution in [3.8, 4) is 22.6 Å². The summed E-state index contributed by atoms with van der Waals surface area (Å²) in [6.45, 7) is 10.4. The number of methoxy groups -OCH3 is 2. The van der Waals surface area contributed by atoms with Gasteiger partial charge in [0.05, 0.1) is 16.7 Å². The Kier molecular flexibility index (Phi) is 17.2. The van der Waals surface area contributed by atoms with E-state index < -0.39 is 37.4 Å². The molecule has 1 atom stereocenters. The average molecular weight is 866 g/mol. The molecule has 0 aromatic heterocycles. The number of rotatable bonds is 19. The number of ether oxygens (including phenoxy) is 2. The normalized spacial score (nSPS) is 16.1. The van der Waals surface area contributed by atoms with Gasteiger partial charge in [0.25, 0.3) is 20.2 Å². The van der Waals surface area contributed by atoms with Gasteiger partial charge in [-0.25, -0.2) is 4.58 Å². The van der Waals surface area contributed by atoms with Crippen LogP contribution >= 0.6 is 0 Å². The molecule has 3 N–H and O–H groups in total. The fourth-order valence-electron chi connectivity index (χ4n) is 7.44. The number of nitrogens with zero attached hydrogens (tertiary/aromatic N) is 2. The first-order valence-electron chi connectivity index (χ1n) is 19.9. The van der Waals surface area contributed by atoms with E-state index in [1.165, 1.54) is 12.1 Å². The zero-order valence-electron chi connectivity index (χ0n) is 35.1. The predicted octanol–water partition coefficient (Wildman–Crippen LogP) is 7.46. The number of carboxylic acids is 1. The van der Waals surface area contributed by atoms with Gasteiger partial charge in [0.15, 0.2) is 13.1 Å². The van der Waals surface area contributed by atoms with Gasteiger partial charge in [0.1, 0.15) is 24.7 Å². The Balaban J connectivity index is 0.00000391. The average Bonchev–Trinajstić information content (AvgIpc) is 3.44. The van der Waals surface area contributed by atoms with Gasteiger partial charge in [0.2, 0.25) is 5.36 Å². The van der Waals surface area contributed by atoms with Crippen LogP contribution in [-0.2, 0) is 39.9 Å². The fourth-order valence-corrected chi connectivity index (χ4v) is 8.44. The van der Waals surface area contributed by atoms with Crippen LogP contribution in [0.5, 0.6) is 0 Å². The van der Waals surface area contributed by atoms with Crippen LogP contribution < -0.4 is 14.8 Å². The Morgan fingerprint density at radius 3 is 2.20 bits per heavy atom. The lowest BCUT2D eigenvalue weighted by atomic mass is 9.77. The molecule has 2 aliphatic heterocycles. The van der Waals surface area contributed by atoms with Crippen molar-refractivity contribution >= 4 is 38.0 Å². The monoisotopic (exact) mass is 865 g/mol. The van der Waals surface area contributed by atoms with E-state index in [4.69, 9.17) is 13.9 Å². The Labute approximate surface area is 353 Å². The lowest BCUT2D eigenvalue weighted by Crippen LogP contribution is -2.35. The highest BCUT2D eigenvalue weighted by Crippen LogP contribution is 2.51. The number of aliphatic carboxylic acids is 1. The molecule has 13 nitrogen and oxygen atoms in total. The topological polar surface area (TPSA) is 184 Å². The summed E-state index contributed by atoms with van der Waals surface area (Å²) in [4.78, 5) is 13.1. The molecule has 0 radical (unpaired) electrons. The summed E-state index contributed by atoms with van der Waals surface area (Å²) in [7, 11) is -5.49. The highest BCUT2D eigenvalue weighted by Gasteiger charge is 2.43. The summed E-state index contributed by atoms with van der Waals surface area (Å²) in [5.74, 6) is -0.0581. The second-order valence-electron chi connectivity index (χ2n) is 14.3. The van der Waals surface area contributed by atoms with Crippen molar-refractivity contribution in [1.29, 1.82) is 0 Å². The van der Waals surface area contributed by atoms with Crippen LogP contribution in [0.3, 0.4) is 0 Å². The number of fused-ring (bicyclic) bond motifs is 2. The smallest absolute Gasteiger partial charge is 0.303 e. The highest BCUT2D eigenvalue weighted by atomic mass is 32.2. The molecule has 3 aliphatic rings. The first-order valence-corrected chi connectivity index (χ1v) is 22.9. The van der Waals surface area contributed by atoms with Gasteiger partial charge in [-0.15, -0.1) is 0 Å². The third kappa shape index (κ3) is 12.1. The molecular weight excluding hydrogens is 809 g/mol. The molecular formula is C45H57N2O11S2+. The molecule has 0 fully saturated rings. The summed E-state index contributed by atoms with van der Waals surface area (Å²) in [5.41, 5.74) is 4.58. The second kappa shape index (κ2) is 21.6. The van der Waals surface area contributed by atoms with Crippen molar-refractivity contribution in [3.05, 3.63) is 119 Å². The Hall–Kier alpha value is -4.90. The van der Waals surface area contributed by atoms with Crippen molar-refractivity contribution in [3.63, 3.8) is 0 Å². The third-order valence-electron chi connectivity index (χ3n) is 10.3. The quantitative estimate of drug-likeness (QED) is 0.0481. The van der Waals surface area contributed by atoms with E-state index in [-0.39, 0.29) is 30.7 Å². The second-order valence-corrected chi connectivity index (χ2v) is 17.3. The molecule has 2 aromatic carbocycles. The minimum absolute atomic E-state index is 0.0535. The molecule has 324 valence electrons. The Morgan fingerprint density at radius 2 is 1.58 bits per heavy atom. The van der Waals surface area contributed by atoms with Crippen LogP contribution in [0.15, 0.2) is 106 Å². The molecule has 0 saturated heterocycles. The van der Waals surface area contributed by atoms with Gasteiger partial charge in [0, 0.05) is 66.7 Å². The molecule has 60 heavy (non-hydrogen) atoms. The minimum Gasteiger partial charge on any atom is -0.481 e. The first-order chi connectivity index (χ1) is 28.6. The lowest BCUT2D eigenvalue weighted by molar-refractivity contribution is -0.137. The standard InChI is InChI=1S/C43H50N2O11S2.C2H6/c1-31-35(36-20-18-33(44(24-26-54-3)25-27-55-4)29-39(36)56-42(31)32-13-7-5-8-14-32)15-9-6-10-16-40-43(2,22-11-17-41(46)47)37-30-34(58(51,52)53)19-21-38(37)45(40)23-12-28-57(48,49)50;1-2/h5-10,13-16,18-21,29-30H,11-12,17,22-28H2,1-4H3,(H2-,46,47,48,49,50,51,52,53);1-2H3/p+1. The molecule has 1 unspecified atom stereocenters. The van der Waals surface area contributed by atoms with Crippen LogP contribution in [0.1, 0.15) is 63.1 Å². The van der Waals surface area contributed by atoms with Gasteiger partial charge in [-0.1, -0.05) is 68.5 Å². The van der Waals surface area contributed by atoms with Crippen LogP contribution in [0.25, 0.3) is 28.7 Å². The van der Waals surface area contributed by atoms with Crippen LogP contribution in [0.4, 0.5) is 5.69 Å². The Morgan fingerprint density at radius 1 is 0.900 bits per heavy atom. The molecule has 1 aliphatic carbocycles. The van der Waals surface area contributed by atoms with E-state index in [0.29, 0.717) is 55.4 Å². The van der Waals surface area contributed by atoms with Gasteiger partial charge in [-0.3, -0.25) is 13.9 Å². The fraction of sp³-hybridized carbons (Fsp3) is 0.378. The minimum atomic E-state index is -4.57. The number of hydrogen-bond acceptors (Lipinski definition) is 9. The molecule has 5 rings (SSSR count). The summed E-state index contributed by atoms with van der Waals surface area (Å²) >= 11 is 0. The zero-order valence-corrected chi connectivity index (χ0v) is 36.8. The van der Waals surface area contributed by atoms with E-state index in [1.807, 2.05) is 105 Å². The molecule has 15 heteroatoms. The number of anilines is 1. The van der Waals surface area contributed by atoms with Crippen molar-refractivity contribution in [1.82, 2.24) is 4.58 Å². The van der Waals surface area contributed by atoms with E-state index >= 15 is 0 Å².